The van der Waals surface area contributed by atoms with Gasteiger partial charge >= 0.3 is 0 Å². The van der Waals surface area contributed by atoms with Crippen molar-refractivity contribution in [3.05, 3.63) is 206 Å². The maximum absolute atomic E-state index is 7.07. The third-order valence-electron chi connectivity index (χ3n) is 12.4. The van der Waals surface area contributed by atoms with Gasteiger partial charge in [0.25, 0.3) is 0 Å². The van der Waals surface area contributed by atoms with Crippen LogP contribution in [0.4, 0.5) is 0 Å². The first-order valence-corrected chi connectivity index (χ1v) is 20.9. The van der Waals surface area contributed by atoms with E-state index in [2.05, 4.69) is 174 Å². The summed E-state index contributed by atoms with van der Waals surface area (Å²) in [6.45, 7) is 0. The van der Waals surface area contributed by atoms with Gasteiger partial charge in [-0.05, 0) is 51.6 Å². The minimum atomic E-state index is 0.552. The van der Waals surface area contributed by atoms with Crippen LogP contribution in [0, 0.1) is 0 Å². The molecule has 5 nitrogen and oxygen atoms in total. The molecule has 62 heavy (non-hydrogen) atoms. The lowest BCUT2D eigenvalue weighted by molar-refractivity contribution is 0.673. The van der Waals surface area contributed by atoms with Gasteiger partial charge in [-0.2, -0.15) is 0 Å². The molecular formula is C57H34N4O. The quantitative estimate of drug-likeness (QED) is 0.174. The molecule has 5 heteroatoms. The number of hydrogen-bond acceptors (Lipinski definition) is 4. The average Bonchev–Trinajstić information content (AvgIpc) is 3.89. The number of para-hydroxylation sites is 1. The second-order valence-electron chi connectivity index (χ2n) is 16.0. The number of fused-ring (bicyclic) bond motifs is 11. The molecule has 0 atom stereocenters. The normalized spacial score (nSPS) is 11.9. The lowest BCUT2D eigenvalue weighted by atomic mass is 10.0. The molecule has 0 aliphatic rings. The van der Waals surface area contributed by atoms with Gasteiger partial charge in [0.2, 0.25) is 0 Å². The van der Waals surface area contributed by atoms with Gasteiger partial charge in [-0.15, -0.1) is 0 Å². The molecule has 0 aliphatic heterocycles. The van der Waals surface area contributed by atoms with E-state index in [1.54, 1.807) is 0 Å². The molecule has 10 aromatic carbocycles. The summed E-state index contributed by atoms with van der Waals surface area (Å²) in [6.07, 6.45) is 0. The SMILES string of the molecule is c1ccc(-c2ccc(-c3nc(-c4ccccc4)nc(-c4cccc5c4oc4c6ccccc6c(-n6c7cc8ccccc8cc7c7ccc8ccccc8c76)cc54)n3)cc2)cc1. The molecule has 13 aromatic rings. The first-order valence-electron chi connectivity index (χ1n) is 20.9. The van der Waals surface area contributed by atoms with Crippen LogP contribution in [0.3, 0.4) is 0 Å². The Labute approximate surface area is 355 Å². The Morgan fingerprint density at radius 2 is 0.871 bits per heavy atom. The summed E-state index contributed by atoms with van der Waals surface area (Å²) >= 11 is 0. The van der Waals surface area contributed by atoms with E-state index in [0.717, 1.165) is 71.7 Å². The standard InChI is InChI=1S/C57H34N4O/c1-3-14-35(15-4-1)36-26-28-39(29-27-36)56-58-55(38-17-5-2-6-18-38)59-57(60-56)47-25-13-24-46-49-34-51(43-22-11-12-23-45(43)54(49)62-53(46)47)61-50-33-41-20-8-7-19-40(41)32-48(50)44-31-30-37-16-9-10-21-42(37)52(44)61/h1-34H. The van der Waals surface area contributed by atoms with Crippen LogP contribution in [-0.4, -0.2) is 19.5 Å². The smallest absolute Gasteiger partial charge is 0.167 e. The molecule has 0 aliphatic carbocycles. The number of furan rings is 1. The summed E-state index contributed by atoms with van der Waals surface area (Å²) in [6, 6.07) is 72.8. The second kappa shape index (κ2) is 13.6. The summed E-state index contributed by atoms with van der Waals surface area (Å²) in [5, 5.41) is 11.5. The highest BCUT2D eigenvalue weighted by Crippen LogP contribution is 2.44. The molecule has 0 amide bonds. The van der Waals surface area contributed by atoms with E-state index >= 15 is 0 Å². The lowest BCUT2D eigenvalue weighted by Crippen LogP contribution is -2.00. The van der Waals surface area contributed by atoms with Crippen LogP contribution in [-0.2, 0) is 0 Å². The second-order valence-corrected chi connectivity index (χ2v) is 16.0. The Morgan fingerprint density at radius 3 is 1.63 bits per heavy atom. The molecule has 13 rings (SSSR count). The fourth-order valence-electron chi connectivity index (χ4n) is 9.46. The highest BCUT2D eigenvalue weighted by Gasteiger charge is 2.23. The molecule has 0 N–H and O–H groups in total. The first-order chi connectivity index (χ1) is 30.7. The highest BCUT2D eigenvalue weighted by atomic mass is 16.3. The van der Waals surface area contributed by atoms with E-state index in [9.17, 15) is 0 Å². The number of rotatable bonds is 5. The zero-order valence-corrected chi connectivity index (χ0v) is 33.3. The molecule has 3 aromatic heterocycles. The minimum absolute atomic E-state index is 0.552. The molecule has 0 fully saturated rings. The molecule has 0 spiro atoms. The average molecular weight is 791 g/mol. The van der Waals surface area contributed by atoms with E-state index in [-0.39, 0.29) is 0 Å². The van der Waals surface area contributed by atoms with Crippen LogP contribution in [0.1, 0.15) is 0 Å². The van der Waals surface area contributed by atoms with Gasteiger partial charge in [0.1, 0.15) is 11.2 Å². The van der Waals surface area contributed by atoms with E-state index < -0.39 is 0 Å². The molecule has 0 saturated carbocycles. The van der Waals surface area contributed by atoms with Crippen molar-refractivity contribution in [3.8, 4) is 51.0 Å². The Morgan fingerprint density at radius 1 is 0.323 bits per heavy atom. The monoisotopic (exact) mass is 790 g/mol. The molecule has 3 heterocycles. The van der Waals surface area contributed by atoms with Gasteiger partial charge in [-0.25, -0.2) is 15.0 Å². The molecular weight excluding hydrogens is 757 g/mol. The van der Waals surface area contributed by atoms with Crippen LogP contribution < -0.4 is 0 Å². The van der Waals surface area contributed by atoms with Crippen LogP contribution in [0.25, 0.3) is 127 Å². The zero-order valence-electron chi connectivity index (χ0n) is 33.3. The molecule has 0 radical (unpaired) electrons. The molecule has 288 valence electrons. The molecule has 0 bridgehead atoms. The Bertz CT molecular complexity index is 3910. The largest absolute Gasteiger partial charge is 0.455 e. The van der Waals surface area contributed by atoms with Gasteiger partial charge < -0.3 is 8.98 Å². The minimum Gasteiger partial charge on any atom is -0.455 e. The Hall–Kier alpha value is -8.41. The van der Waals surface area contributed by atoms with Crippen LogP contribution in [0.15, 0.2) is 211 Å². The predicted octanol–water partition coefficient (Wildman–Crippen LogP) is 15.0. The first kappa shape index (κ1) is 34.5. The Kier molecular flexibility index (Phi) is 7.54. The van der Waals surface area contributed by atoms with Crippen molar-refractivity contribution in [2.75, 3.05) is 0 Å². The predicted molar refractivity (Wildman–Crippen MR) is 256 cm³/mol. The maximum Gasteiger partial charge on any atom is 0.167 e. The number of nitrogens with zero attached hydrogens (tertiary/aromatic N) is 4. The van der Waals surface area contributed by atoms with Crippen molar-refractivity contribution >= 4 is 76.1 Å². The fraction of sp³-hybridized carbons (Fsp3) is 0. The summed E-state index contributed by atoms with van der Waals surface area (Å²) < 4.78 is 9.56. The van der Waals surface area contributed by atoms with Crippen LogP contribution in [0.5, 0.6) is 0 Å². The summed E-state index contributed by atoms with van der Waals surface area (Å²) in [5.41, 5.74) is 9.93. The number of benzene rings is 10. The molecule has 0 unspecified atom stereocenters. The topological polar surface area (TPSA) is 56.7 Å². The van der Waals surface area contributed by atoms with Gasteiger partial charge in [-0.3, -0.25) is 0 Å². The van der Waals surface area contributed by atoms with Gasteiger partial charge in [-0.1, -0.05) is 182 Å². The van der Waals surface area contributed by atoms with E-state index in [0.29, 0.717) is 17.5 Å². The van der Waals surface area contributed by atoms with Crippen molar-refractivity contribution in [1.82, 2.24) is 19.5 Å². The highest BCUT2D eigenvalue weighted by molar-refractivity contribution is 6.24. The van der Waals surface area contributed by atoms with Gasteiger partial charge in [0.05, 0.1) is 22.3 Å². The third kappa shape index (κ3) is 5.32. The summed E-state index contributed by atoms with van der Waals surface area (Å²) in [7, 11) is 0. The van der Waals surface area contributed by atoms with Crippen molar-refractivity contribution in [2.45, 2.75) is 0 Å². The van der Waals surface area contributed by atoms with Crippen LogP contribution >= 0.6 is 0 Å². The van der Waals surface area contributed by atoms with Gasteiger partial charge in [0, 0.05) is 48.8 Å². The Balaban J connectivity index is 1.07. The summed E-state index contributed by atoms with van der Waals surface area (Å²) in [4.78, 5) is 15.4. The van der Waals surface area contributed by atoms with Gasteiger partial charge in [0.15, 0.2) is 17.5 Å². The van der Waals surface area contributed by atoms with Crippen LogP contribution in [0.2, 0.25) is 0 Å². The van der Waals surface area contributed by atoms with Crippen molar-refractivity contribution in [1.29, 1.82) is 0 Å². The summed E-state index contributed by atoms with van der Waals surface area (Å²) in [5.74, 6) is 1.75. The number of aromatic nitrogens is 4. The number of hydrogen-bond donors (Lipinski definition) is 0. The molecule has 0 saturated heterocycles. The van der Waals surface area contributed by atoms with Crippen molar-refractivity contribution < 1.29 is 4.42 Å². The maximum atomic E-state index is 7.07. The lowest BCUT2D eigenvalue weighted by Gasteiger charge is -2.14. The fourth-order valence-corrected chi connectivity index (χ4v) is 9.46. The van der Waals surface area contributed by atoms with Crippen molar-refractivity contribution in [3.63, 3.8) is 0 Å². The van der Waals surface area contributed by atoms with E-state index in [1.165, 1.54) is 37.8 Å². The zero-order chi connectivity index (χ0) is 40.7. The van der Waals surface area contributed by atoms with Crippen molar-refractivity contribution in [2.24, 2.45) is 0 Å². The van der Waals surface area contributed by atoms with E-state index in [4.69, 9.17) is 19.4 Å². The van der Waals surface area contributed by atoms with E-state index in [1.807, 2.05) is 36.4 Å². The third-order valence-corrected chi connectivity index (χ3v) is 12.4.